The normalized spacial score (nSPS) is 15.2. The molecule has 1 aliphatic heterocycles. The number of carbonyl (C=O) groups is 1. The Morgan fingerprint density at radius 1 is 0.939 bits per heavy atom. The number of fused-ring (bicyclic) bond motifs is 2. The first kappa shape index (κ1) is 21.0. The van der Waals surface area contributed by atoms with Gasteiger partial charge in [0.15, 0.2) is 11.5 Å². The van der Waals surface area contributed by atoms with Gasteiger partial charge in [0.2, 0.25) is 0 Å². The third-order valence-corrected chi connectivity index (χ3v) is 6.46. The molecule has 5 rings (SSSR count). The van der Waals surface area contributed by atoms with E-state index in [2.05, 4.69) is 6.92 Å². The van der Waals surface area contributed by atoms with Crippen molar-refractivity contribution < 1.29 is 14.3 Å². The van der Waals surface area contributed by atoms with Crippen LogP contribution in [-0.4, -0.2) is 36.6 Å². The van der Waals surface area contributed by atoms with Crippen molar-refractivity contribution in [1.82, 2.24) is 9.88 Å². The topological polar surface area (TPSA) is 51.7 Å². The predicted molar refractivity (Wildman–Crippen MR) is 130 cm³/mol. The Kier molecular flexibility index (Phi) is 5.47. The summed E-state index contributed by atoms with van der Waals surface area (Å²) in [5.74, 6) is 1.41. The number of hydrogen-bond donors (Lipinski definition) is 0. The number of benzene rings is 3. The molecule has 0 fully saturated rings. The molecule has 1 aromatic heterocycles. The van der Waals surface area contributed by atoms with Crippen LogP contribution in [0.5, 0.6) is 11.5 Å². The molecule has 1 amide bonds. The number of carbonyl (C=O) groups excluding carboxylic acids is 1. The van der Waals surface area contributed by atoms with E-state index in [1.807, 2.05) is 77.7 Å². The number of amides is 1. The lowest BCUT2D eigenvalue weighted by Crippen LogP contribution is -2.39. The molecule has 5 nitrogen and oxygen atoms in total. The van der Waals surface area contributed by atoms with E-state index in [0.29, 0.717) is 17.9 Å². The van der Waals surface area contributed by atoms with Gasteiger partial charge in [-0.25, -0.2) is 4.98 Å². The standard InChI is InChI=1S/C28H26N2O3/c1-18-22-17-27(33-3)26(32-2)15-20(22)13-14-30(18)28(31)23-16-25(19-9-5-4-6-10-19)29-24-12-8-7-11-21(23)24/h4-12,15-18H,13-14H2,1-3H3. The van der Waals surface area contributed by atoms with Crippen LogP contribution in [0.25, 0.3) is 22.2 Å². The van der Waals surface area contributed by atoms with Crippen molar-refractivity contribution >= 4 is 16.8 Å². The number of pyridine rings is 1. The molecule has 0 spiro atoms. The summed E-state index contributed by atoms with van der Waals surface area (Å²) in [5.41, 5.74) is 5.57. The van der Waals surface area contributed by atoms with Crippen LogP contribution in [0, 0.1) is 0 Å². The zero-order valence-electron chi connectivity index (χ0n) is 19.0. The second-order valence-electron chi connectivity index (χ2n) is 8.27. The molecule has 2 heterocycles. The Hall–Kier alpha value is -3.86. The number of para-hydroxylation sites is 1. The largest absolute Gasteiger partial charge is 0.493 e. The minimum Gasteiger partial charge on any atom is -0.493 e. The first-order chi connectivity index (χ1) is 16.1. The summed E-state index contributed by atoms with van der Waals surface area (Å²) in [4.78, 5) is 20.7. The highest BCUT2D eigenvalue weighted by Crippen LogP contribution is 2.39. The summed E-state index contributed by atoms with van der Waals surface area (Å²) in [7, 11) is 3.28. The average Bonchev–Trinajstić information content (AvgIpc) is 2.87. The van der Waals surface area contributed by atoms with Crippen molar-refractivity contribution in [3.8, 4) is 22.8 Å². The van der Waals surface area contributed by atoms with Gasteiger partial charge in [-0.3, -0.25) is 4.79 Å². The minimum absolute atomic E-state index is 0.0127. The molecule has 5 heteroatoms. The summed E-state index contributed by atoms with van der Waals surface area (Å²) >= 11 is 0. The van der Waals surface area contributed by atoms with E-state index >= 15 is 0 Å². The van der Waals surface area contributed by atoms with Gasteiger partial charge in [0.25, 0.3) is 5.91 Å². The molecule has 0 radical (unpaired) electrons. The van der Waals surface area contributed by atoms with Crippen molar-refractivity contribution in [2.75, 3.05) is 20.8 Å². The van der Waals surface area contributed by atoms with Crippen molar-refractivity contribution in [2.45, 2.75) is 19.4 Å². The van der Waals surface area contributed by atoms with Crippen molar-refractivity contribution in [3.63, 3.8) is 0 Å². The Balaban J connectivity index is 1.58. The highest BCUT2D eigenvalue weighted by atomic mass is 16.5. The van der Waals surface area contributed by atoms with Crippen LogP contribution in [0.15, 0.2) is 72.8 Å². The summed E-state index contributed by atoms with van der Waals surface area (Å²) < 4.78 is 11.0. The fraction of sp³-hybridized carbons (Fsp3) is 0.214. The SMILES string of the molecule is COc1cc2c(cc1OC)C(C)N(C(=O)c1cc(-c3ccccc3)nc3ccccc13)CC2. The Bertz CT molecular complexity index is 1330. The van der Waals surface area contributed by atoms with Crippen LogP contribution >= 0.6 is 0 Å². The molecule has 1 aliphatic rings. The maximum atomic E-state index is 13.9. The molecule has 1 atom stereocenters. The first-order valence-corrected chi connectivity index (χ1v) is 11.1. The van der Waals surface area contributed by atoms with Crippen LogP contribution in [0.3, 0.4) is 0 Å². The highest BCUT2D eigenvalue weighted by molar-refractivity contribution is 6.07. The quantitative estimate of drug-likeness (QED) is 0.411. The van der Waals surface area contributed by atoms with Crippen molar-refractivity contribution in [3.05, 3.63) is 89.5 Å². The zero-order chi connectivity index (χ0) is 22.9. The Labute approximate surface area is 193 Å². The monoisotopic (exact) mass is 438 g/mol. The molecular formula is C28H26N2O3. The van der Waals surface area contributed by atoms with Gasteiger partial charge < -0.3 is 14.4 Å². The molecule has 166 valence electrons. The van der Waals surface area contributed by atoms with Gasteiger partial charge in [0, 0.05) is 17.5 Å². The van der Waals surface area contributed by atoms with Gasteiger partial charge in [-0.15, -0.1) is 0 Å². The lowest BCUT2D eigenvalue weighted by atomic mass is 9.91. The minimum atomic E-state index is -0.0897. The maximum absolute atomic E-state index is 13.9. The summed E-state index contributed by atoms with van der Waals surface area (Å²) in [6.07, 6.45) is 0.764. The summed E-state index contributed by atoms with van der Waals surface area (Å²) in [6.45, 7) is 2.71. The Morgan fingerprint density at radius 2 is 1.64 bits per heavy atom. The van der Waals surface area contributed by atoms with E-state index in [4.69, 9.17) is 14.5 Å². The fourth-order valence-corrected chi connectivity index (χ4v) is 4.69. The highest BCUT2D eigenvalue weighted by Gasteiger charge is 2.31. The molecule has 0 saturated heterocycles. The molecule has 0 N–H and O–H groups in total. The van der Waals surface area contributed by atoms with Gasteiger partial charge in [-0.05, 0) is 48.7 Å². The van der Waals surface area contributed by atoms with E-state index in [1.165, 1.54) is 5.56 Å². The number of aromatic nitrogens is 1. The number of rotatable bonds is 4. The molecule has 0 saturated carbocycles. The second kappa shape index (κ2) is 8.58. The van der Waals surface area contributed by atoms with E-state index in [1.54, 1.807) is 14.2 Å². The Morgan fingerprint density at radius 3 is 2.39 bits per heavy atom. The van der Waals surface area contributed by atoms with Crippen molar-refractivity contribution in [1.29, 1.82) is 0 Å². The van der Waals surface area contributed by atoms with Crippen LogP contribution in [-0.2, 0) is 6.42 Å². The number of hydrogen-bond acceptors (Lipinski definition) is 4. The molecule has 0 bridgehead atoms. The van der Waals surface area contributed by atoms with Gasteiger partial charge in [0.05, 0.1) is 37.0 Å². The average molecular weight is 439 g/mol. The lowest BCUT2D eigenvalue weighted by molar-refractivity contribution is 0.0679. The third-order valence-electron chi connectivity index (χ3n) is 6.46. The molecule has 3 aromatic carbocycles. The maximum Gasteiger partial charge on any atom is 0.255 e. The van der Waals surface area contributed by atoms with Crippen LogP contribution in [0.2, 0.25) is 0 Å². The van der Waals surface area contributed by atoms with Gasteiger partial charge >= 0.3 is 0 Å². The molecule has 33 heavy (non-hydrogen) atoms. The number of methoxy groups -OCH3 is 2. The van der Waals surface area contributed by atoms with Gasteiger partial charge in [0.1, 0.15) is 0 Å². The second-order valence-corrected chi connectivity index (χ2v) is 8.27. The first-order valence-electron chi connectivity index (χ1n) is 11.1. The molecule has 4 aromatic rings. The fourth-order valence-electron chi connectivity index (χ4n) is 4.69. The third kappa shape index (κ3) is 3.69. The van der Waals surface area contributed by atoms with E-state index < -0.39 is 0 Å². The zero-order valence-corrected chi connectivity index (χ0v) is 19.0. The van der Waals surface area contributed by atoms with Crippen LogP contribution in [0.1, 0.15) is 34.5 Å². The number of ether oxygens (including phenoxy) is 2. The smallest absolute Gasteiger partial charge is 0.255 e. The predicted octanol–water partition coefficient (Wildman–Crippen LogP) is 5.68. The summed E-state index contributed by atoms with van der Waals surface area (Å²) in [5, 5.41) is 0.868. The molecular weight excluding hydrogens is 412 g/mol. The van der Waals surface area contributed by atoms with Gasteiger partial charge in [-0.1, -0.05) is 48.5 Å². The molecule has 1 unspecified atom stereocenters. The van der Waals surface area contributed by atoms with Crippen molar-refractivity contribution in [2.24, 2.45) is 0 Å². The summed E-state index contributed by atoms with van der Waals surface area (Å²) in [6, 6.07) is 23.7. The van der Waals surface area contributed by atoms with Gasteiger partial charge in [-0.2, -0.15) is 0 Å². The van der Waals surface area contributed by atoms with Crippen LogP contribution in [0.4, 0.5) is 0 Å². The number of nitrogens with zero attached hydrogens (tertiary/aromatic N) is 2. The van der Waals surface area contributed by atoms with Crippen LogP contribution < -0.4 is 9.47 Å². The molecule has 0 aliphatic carbocycles. The van der Waals surface area contributed by atoms with E-state index in [-0.39, 0.29) is 11.9 Å². The van der Waals surface area contributed by atoms with E-state index in [9.17, 15) is 4.79 Å². The lowest BCUT2D eigenvalue weighted by Gasteiger charge is -2.36. The van der Waals surface area contributed by atoms with E-state index in [0.717, 1.165) is 39.9 Å².